The standard InChI is InChI=1S/C19H20F3NO4S/c1-13-3-6-15(7-4-13)28(25,26)10-9-18(24)23-16-8-5-14(2)11-17(16)27-12-19(20,21)22/h3-8,11H,9-10,12H2,1-2H3,(H,23,24). The fourth-order valence-electron chi connectivity index (χ4n) is 2.32. The molecule has 0 fully saturated rings. The quantitative estimate of drug-likeness (QED) is 0.741. The molecule has 2 aromatic rings. The van der Waals surface area contributed by atoms with E-state index in [1.165, 1.54) is 24.3 Å². The minimum atomic E-state index is -4.52. The Balaban J connectivity index is 2.03. The summed E-state index contributed by atoms with van der Waals surface area (Å²) in [5, 5.41) is 2.41. The number of hydrogen-bond donors (Lipinski definition) is 1. The maximum atomic E-state index is 12.4. The highest BCUT2D eigenvalue weighted by molar-refractivity contribution is 7.91. The third kappa shape index (κ3) is 6.56. The Morgan fingerprint density at radius 3 is 2.25 bits per heavy atom. The summed E-state index contributed by atoms with van der Waals surface area (Å²) in [6, 6.07) is 10.6. The molecule has 0 unspecified atom stereocenters. The van der Waals surface area contributed by atoms with Gasteiger partial charge in [0.15, 0.2) is 16.4 Å². The number of amides is 1. The molecule has 0 saturated heterocycles. The first-order chi connectivity index (χ1) is 13.0. The van der Waals surface area contributed by atoms with Crippen molar-refractivity contribution in [1.29, 1.82) is 0 Å². The lowest BCUT2D eigenvalue weighted by Gasteiger charge is -2.14. The van der Waals surface area contributed by atoms with Crippen LogP contribution < -0.4 is 10.1 Å². The maximum absolute atomic E-state index is 12.4. The van der Waals surface area contributed by atoms with E-state index in [1.54, 1.807) is 25.1 Å². The van der Waals surface area contributed by atoms with Crippen molar-refractivity contribution in [2.45, 2.75) is 31.3 Å². The minimum absolute atomic E-state index is 0.0487. The molecule has 9 heteroatoms. The van der Waals surface area contributed by atoms with Crippen LogP contribution in [0.25, 0.3) is 0 Å². The van der Waals surface area contributed by atoms with Crippen molar-refractivity contribution in [1.82, 2.24) is 0 Å². The largest absolute Gasteiger partial charge is 0.482 e. The van der Waals surface area contributed by atoms with E-state index < -0.39 is 34.3 Å². The summed E-state index contributed by atoms with van der Waals surface area (Å²) in [5.74, 6) is -1.20. The lowest BCUT2D eigenvalue weighted by atomic mass is 10.2. The van der Waals surface area contributed by atoms with Gasteiger partial charge in [-0.15, -0.1) is 0 Å². The predicted molar refractivity (Wildman–Crippen MR) is 99.2 cm³/mol. The number of ether oxygens (including phenoxy) is 1. The minimum Gasteiger partial charge on any atom is -0.482 e. The van der Waals surface area contributed by atoms with Gasteiger partial charge in [-0.25, -0.2) is 8.42 Å². The first-order valence-electron chi connectivity index (χ1n) is 8.36. The van der Waals surface area contributed by atoms with Crippen molar-refractivity contribution in [2.75, 3.05) is 17.7 Å². The number of nitrogens with one attached hydrogen (secondary N) is 1. The maximum Gasteiger partial charge on any atom is 0.422 e. The van der Waals surface area contributed by atoms with E-state index >= 15 is 0 Å². The van der Waals surface area contributed by atoms with Crippen molar-refractivity contribution in [3.63, 3.8) is 0 Å². The van der Waals surface area contributed by atoms with E-state index in [0.29, 0.717) is 5.56 Å². The van der Waals surface area contributed by atoms with Crippen LogP contribution in [0.1, 0.15) is 17.5 Å². The normalized spacial score (nSPS) is 11.9. The van der Waals surface area contributed by atoms with E-state index in [4.69, 9.17) is 4.74 Å². The molecule has 152 valence electrons. The first kappa shape index (κ1) is 21.7. The lowest BCUT2D eigenvalue weighted by molar-refractivity contribution is -0.153. The molecule has 28 heavy (non-hydrogen) atoms. The van der Waals surface area contributed by atoms with Gasteiger partial charge in [0, 0.05) is 6.42 Å². The highest BCUT2D eigenvalue weighted by Crippen LogP contribution is 2.28. The van der Waals surface area contributed by atoms with Crippen LogP contribution in [-0.2, 0) is 14.6 Å². The van der Waals surface area contributed by atoms with E-state index in [1.807, 2.05) is 6.92 Å². The monoisotopic (exact) mass is 415 g/mol. The van der Waals surface area contributed by atoms with E-state index in [2.05, 4.69) is 5.32 Å². The molecule has 2 rings (SSSR count). The van der Waals surface area contributed by atoms with Gasteiger partial charge >= 0.3 is 6.18 Å². The molecule has 0 spiro atoms. The Labute approximate surface area is 161 Å². The average Bonchev–Trinajstić information content (AvgIpc) is 2.60. The number of benzene rings is 2. The second-order valence-corrected chi connectivity index (χ2v) is 8.44. The average molecular weight is 415 g/mol. The van der Waals surface area contributed by atoms with Crippen LogP contribution in [0.2, 0.25) is 0 Å². The summed E-state index contributed by atoms with van der Waals surface area (Å²) in [7, 11) is -3.65. The van der Waals surface area contributed by atoms with Crippen LogP contribution in [0.5, 0.6) is 5.75 Å². The van der Waals surface area contributed by atoms with Gasteiger partial charge in [0.25, 0.3) is 0 Å². The Morgan fingerprint density at radius 2 is 1.64 bits per heavy atom. The van der Waals surface area contributed by atoms with Gasteiger partial charge in [-0.3, -0.25) is 4.79 Å². The zero-order valence-electron chi connectivity index (χ0n) is 15.3. The molecule has 1 amide bonds. The summed E-state index contributed by atoms with van der Waals surface area (Å²) >= 11 is 0. The number of alkyl halides is 3. The molecule has 0 atom stereocenters. The smallest absolute Gasteiger partial charge is 0.422 e. The topological polar surface area (TPSA) is 72.5 Å². The lowest BCUT2D eigenvalue weighted by Crippen LogP contribution is -2.21. The molecule has 0 aliphatic rings. The second kappa shape index (κ2) is 8.64. The summed E-state index contributed by atoms with van der Waals surface area (Å²) < 4.78 is 66.5. The summed E-state index contributed by atoms with van der Waals surface area (Å²) in [5.41, 5.74) is 1.60. The van der Waals surface area contributed by atoms with Crippen LogP contribution in [0.3, 0.4) is 0 Å². The molecule has 2 aromatic carbocycles. The summed E-state index contributed by atoms with van der Waals surface area (Å²) in [6.45, 7) is 1.99. The molecule has 0 heterocycles. The fourth-order valence-corrected chi connectivity index (χ4v) is 3.56. The molecule has 1 N–H and O–H groups in total. The van der Waals surface area contributed by atoms with E-state index in [9.17, 15) is 26.4 Å². The van der Waals surface area contributed by atoms with Crippen molar-refractivity contribution in [3.05, 3.63) is 53.6 Å². The number of rotatable bonds is 7. The molecule has 0 bridgehead atoms. The molecule has 0 saturated carbocycles. The summed E-state index contributed by atoms with van der Waals surface area (Å²) in [6.07, 6.45) is -4.87. The second-order valence-electron chi connectivity index (χ2n) is 6.33. The van der Waals surface area contributed by atoms with Crippen LogP contribution in [0, 0.1) is 13.8 Å². The molecule has 0 aliphatic heterocycles. The van der Waals surface area contributed by atoms with Gasteiger partial charge in [0.1, 0.15) is 5.75 Å². The molecule has 0 aromatic heterocycles. The van der Waals surface area contributed by atoms with Gasteiger partial charge in [-0.1, -0.05) is 23.8 Å². The fraction of sp³-hybridized carbons (Fsp3) is 0.316. The Morgan fingerprint density at radius 1 is 1.04 bits per heavy atom. The molecule has 0 radical (unpaired) electrons. The van der Waals surface area contributed by atoms with Crippen molar-refractivity contribution in [2.24, 2.45) is 0 Å². The van der Waals surface area contributed by atoms with Crippen LogP contribution in [0.4, 0.5) is 18.9 Å². The van der Waals surface area contributed by atoms with Crippen LogP contribution in [-0.4, -0.2) is 32.9 Å². The molecular formula is C19H20F3NO4S. The Hall–Kier alpha value is -2.55. The molecule has 0 aliphatic carbocycles. The van der Waals surface area contributed by atoms with Gasteiger partial charge in [-0.05, 0) is 43.7 Å². The number of hydrogen-bond acceptors (Lipinski definition) is 4. The van der Waals surface area contributed by atoms with E-state index in [-0.39, 0.29) is 22.8 Å². The molecule has 5 nitrogen and oxygen atoms in total. The number of halogens is 3. The zero-order chi connectivity index (χ0) is 20.9. The van der Waals surface area contributed by atoms with Gasteiger partial charge in [0.2, 0.25) is 5.91 Å². The first-order valence-corrected chi connectivity index (χ1v) is 10.0. The van der Waals surface area contributed by atoms with Crippen molar-refractivity contribution in [3.8, 4) is 5.75 Å². The zero-order valence-corrected chi connectivity index (χ0v) is 16.2. The Bertz CT molecular complexity index is 939. The number of carbonyl (C=O) groups excluding carboxylic acids is 1. The number of carbonyl (C=O) groups is 1. The molecular weight excluding hydrogens is 395 g/mol. The Kier molecular flexibility index (Phi) is 6.71. The summed E-state index contributed by atoms with van der Waals surface area (Å²) in [4.78, 5) is 12.2. The highest BCUT2D eigenvalue weighted by Gasteiger charge is 2.29. The predicted octanol–water partition coefficient (Wildman–Crippen LogP) is 4.05. The van der Waals surface area contributed by atoms with Crippen LogP contribution >= 0.6 is 0 Å². The van der Waals surface area contributed by atoms with Crippen molar-refractivity contribution >= 4 is 21.4 Å². The number of sulfone groups is 1. The third-order valence-electron chi connectivity index (χ3n) is 3.78. The van der Waals surface area contributed by atoms with Crippen LogP contribution in [0.15, 0.2) is 47.4 Å². The van der Waals surface area contributed by atoms with Gasteiger partial charge in [-0.2, -0.15) is 13.2 Å². The third-order valence-corrected chi connectivity index (χ3v) is 5.51. The van der Waals surface area contributed by atoms with E-state index in [0.717, 1.165) is 5.56 Å². The number of anilines is 1. The number of aryl methyl sites for hydroxylation is 2. The SMILES string of the molecule is Cc1ccc(S(=O)(=O)CCC(=O)Nc2ccc(C)cc2OCC(F)(F)F)cc1. The van der Waals surface area contributed by atoms with Gasteiger partial charge < -0.3 is 10.1 Å². The highest BCUT2D eigenvalue weighted by atomic mass is 32.2. The van der Waals surface area contributed by atoms with Crippen molar-refractivity contribution < 1.29 is 31.1 Å². The van der Waals surface area contributed by atoms with Gasteiger partial charge in [0.05, 0.1) is 16.3 Å².